The molecule has 35 heavy (non-hydrogen) atoms. The molecule has 2 aromatic rings. The summed E-state index contributed by atoms with van der Waals surface area (Å²) in [6.45, 7) is 4.81. The van der Waals surface area contributed by atoms with Crippen molar-refractivity contribution in [3.8, 4) is 0 Å². The summed E-state index contributed by atoms with van der Waals surface area (Å²) in [5.41, 5.74) is 1.65. The second kappa shape index (κ2) is 13.0. The maximum atomic E-state index is 13.5. The van der Waals surface area contributed by atoms with E-state index in [9.17, 15) is 14.4 Å². The van der Waals surface area contributed by atoms with Crippen LogP contribution < -0.4 is 10.2 Å². The molecule has 186 valence electrons. The van der Waals surface area contributed by atoms with Gasteiger partial charge in [0.25, 0.3) is 5.91 Å². The zero-order chi connectivity index (χ0) is 25.2. The zero-order valence-corrected chi connectivity index (χ0v) is 21.2. The molecule has 0 saturated carbocycles. The molecule has 2 aromatic carbocycles. The smallest absolute Gasteiger partial charge is 0.338 e. The lowest BCUT2D eigenvalue weighted by Gasteiger charge is -2.24. The van der Waals surface area contributed by atoms with Crippen LogP contribution >= 0.6 is 12.2 Å². The number of carbonyl (C=O) groups excluding carboxylic acids is 3. The molecule has 3 rings (SSSR count). The van der Waals surface area contributed by atoms with Gasteiger partial charge in [-0.05, 0) is 62.0 Å². The molecule has 0 aromatic heterocycles. The van der Waals surface area contributed by atoms with E-state index in [0.717, 1.165) is 25.7 Å². The Bertz CT molecular complexity index is 1030. The fraction of sp³-hybridized carbons (Fsp3) is 0.407. The Morgan fingerprint density at radius 3 is 2.31 bits per heavy atom. The molecule has 7 nitrogen and oxygen atoms in total. The minimum atomic E-state index is -0.679. The van der Waals surface area contributed by atoms with Crippen LogP contribution in [0.1, 0.15) is 62.7 Å². The molecule has 8 heteroatoms. The summed E-state index contributed by atoms with van der Waals surface area (Å²) in [7, 11) is 0. The molecule has 1 aliphatic rings. The van der Waals surface area contributed by atoms with Crippen molar-refractivity contribution in [2.24, 2.45) is 0 Å². The number of esters is 1. The van der Waals surface area contributed by atoms with Gasteiger partial charge in [-0.3, -0.25) is 14.5 Å². The van der Waals surface area contributed by atoms with Gasteiger partial charge in [-0.2, -0.15) is 0 Å². The van der Waals surface area contributed by atoms with Gasteiger partial charge in [-0.1, -0.05) is 50.8 Å². The predicted molar refractivity (Wildman–Crippen MR) is 141 cm³/mol. The zero-order valence-electron chi connectivity index (χ0n) is 20.4. The third-order valence-electron chi connectivity index (χ3n) is 5.89. The lowest BCUT2D eigenvalue weighted by atomic mass is 10.1. The van der Waals surface area contributed by atoms with E-state index in [1.165, 1.54) is 11.3 Å². The second-order valence-electron chi connectivity index (χ2n) is 8.47. The molecule has 0 radical (unpaired) electrons. The first-order valence-electron chi connectivity index (χ1n) is 12.2. The Kier molecular flexibility index (Phi) is 9.78. The summed E-state index contributed by atoms with van der Waals surface area (Å²) in [6.07, 6.45) is 5.38. The van der Waals surface area contributed by atoms with Crippen LogP contribution in [0, 0.1) is 0 Å². The van der Waals surface area contributed by atoms with Gasteiger partial charge in [-0.25, -0.2) is 4.79 Å². The van der Waals surface area contributed by atoms with E-state index in [-0.39, 0.29) is 24.8 Å². The lowest BCUT2D eigenvalue weighted by Crippen LogP contribution is -2.38. The van der Waals surface area contributed by atoms with Gasteiger partial charge < -0.3 is 15.0 Å². The second-order valence-corrected chi connectivity index (χ2v) is 8.83. The van der Waals surface area contributed by atoms with E-state index in [4.69, 9.17) is 17.0 Å². The highest BCUT2D eigenvalue weighted by atomic mass is 32.1. The van der Waals surface area contributed by atoms with Gasteiger partial charge >= 0.3 is 5.97 Å². The molecular weight excluding hydrogens is 462 g/mol. The van der Waals surface area contributed by atoms with Crippen molar-refractivity contribution in [1.82, 2.24) is 4.90 Å². The molecule has 0 aliphatic carbocycles. The van der Waals surface area contributed by atoms with E-state index >= 15 is 0 Å². The third-order valence-corrected chi connectivity index (χ3v) is 6.31. The number of rotatable bonds is 12. The number of nitrogens with zero attached hydrogens (tertiary/aromatic N) is 2. The van der Waals surface area contributed by atoms with Crippen LogP contribution in [0.4, 0.5) is 11.4 Å². The molecule has 0 spiro atoms. The van der Waals surface area contributed by atoms with Gasteiger partial charge in [-0.15, -0.1) is 0 Å². The van der Waals surface area contributed by atoms with Crippen LogP contribution in [0.15, 0.2) is 54.6 Å². The fourth-order valence-electron chi connectivity index (χ4n) is 4.08. The average Bonchev–Trinajstić information content (AvgIpc) is 3.08. The number of thiocarbonyl (C=S) groups is 1. The van der Waals surface area contributed by atoms with Crippen molar-refractivity contribution in [2.75, 3.05) is 23.4 Å². The number of carbonyl (C=O) groups is 3. The standard InChI is InChI=1S/C27H33N3O4S/c1-3-5-6-7-11-18-29-23(19-24(31)28-21-12-9-8-10-13-21)25(32)30(27(29)35)22-16-14-20(15-17-22)26(33)34-4-2/h8-10,12-17,23H,3-7,11,18-19H2,1-2H3,(H,28,31)/t23-/m1/s1. The van der Waals surface area contributed by atoms with Crippen LogP contribution in [-0.4, -0.2) is 47.0 Å². The van der Waals surface area contributed by atoms with E-state index in [2.05, 4.69) is 12.2 Å². The van der Waals surface area contributed by atoms with Crippen molar-refractivity contribution in [3.63, 3.8) is 0 Å². The maximum Gasteiger partial charge on any atom is 0.338 e. The van der Waals surface area contributed by atoms with Crippen LogP contribution in [-0.2, 0) is 14.3 Å². The Labute approximate surface area is 212 Å². The van der Waals surface area contributed by atoms with E-state index in [0.29, 0.717) is 28.6 Å². The quantitative estimate of drug-likeness (QED) is 0.249. The summed E-state index contributed by atoms with van der Waals surface area (Å²) >= 11 is 5.72. The number of hydrogen-bond acceptors (Lipinski definition) is 5. The molecule has 0 bridgehead atoms. The number of amides is 2. The number of anilines is 2. The van der Waals surface area contributed by atoms with Crippen molar-refractivity contribution in [1.29, 1.82) is 0 Å². The number of para-hydroxylation sites is 1. The first-order valence-corrected chi connectivity index (χ1v) is 12.6. The van der Waals surface area contributed by atoms with Gasteiger partial charge in [0, 0.05) is 12.2 Å². The largest absolute Gasteiger partial charge is 0.462 e. The highest BCUT2D eigenvalue weighted by molar-refractivity contribution is 7.80. The van der Waals surface area contributed by atoms with Gasteiger partial charge in [0.1, 0.15) is 6.04 Å². The molecule has 1 N–H and O–H groups in total. The Morgan fingerprint density at radius 2 is 1.66 bits per heavy atom. The number of nitrogens with one attached hydrogen (secondary N) is 1. The topological polar surface area (TPSA) is 79.0 Å². The van der Waals surface area contributed by atoms with E-state index in [1.807, 2.05) is 35.2 Å². The number of unbranched alkanes of at least 4 members (excludes halogenated alkanes) is 4. The van der Waals surface area contributed by atoms with Crippen LogP contribution in [0.2, 0.25) is 0 Å². The van der Waals surface area contributed by atoms with Crippen LogP contribution in [0.5, 0.6) is 0 Å². The molecule has 0 unspecified atom stereocenters. The molecule has 1 fully saturated rings. The van der Waals surface area contributed by atoms with Crippen molar-refractivity contribution < 1.29 is 19.1 Å². The molecule has 1 aliphatic heterocycles. The van der Waals surface area contributed by atoms with E-state index in [1.54, 1.807) is 31.2 Å². The highest BCUT2D eigenvalue weighted by Gasteiger charge is 2.43. The van der Waals surface area contributed by atoms with Gasteiger partial charge in [0.2, 0.25) is 5.91 Å². The monoisotopic (exact) mass is 495 g/mol. The Balaban J connectivity index is 1.76. The lowest BCUT2D eigenvalue weighted by molar-refractivity contribution is -0.124. The summed E-state index contributed by atoms with van der Waals surface area (Å²) in [5.74, 6) is -0.901. The predicted octanol–water partition coefficient (Wildman–Crippen LogP) is 5.16. The minimum absolute atomic E-state index is 0.000235. The Hall–Kier alpha value is -3.26. The molecule has 1 atom stereocenters. The number of ether oxygens (including phenoxy) is 1. The van der Waals surface area contributed by atoms with Crippen molar-refractivity contribution in [2.45, 2.75) is 58.4 Å². The minimum Gasteiger partial charge on any atom is -0.462 e. The molecule has 1 saturated heterocycles. The first kappa shape index (κ1) is 26.3. The summed E-state index contributed by atoms with van der Waals surface area (Å²) in [6, 6.07) is 15.1. The van der Waals surface area contributed by atoms with Crippen molar-refractivity contribution >= 4 is 46.5 Å². The molecular formula is C27H33N3O4S. The van der Waals surface area contributed by atoms with Gasteiger partial charge in [0.05, 0.1) is 24.3 Å². The SMILES string of the molecule is CCCCCCCN1C(=S)N(c2ccc(C(=O)OCC)cc2)C(=O)[C@H]1CC(=O)Nc1ccccc1. The maximum absolute atomic E-state index is 13.5. The third kappa shape index (κ3) is 6.88. The number of benzene rings is 2. The normalized spacial score (nSPS) is 15.4. The molecule has 2 amide bonds. The van der Waals surface area contributed by atoms with Crippen LogP contribution in [0.25, 0.3) is 0 Å². The first-order chi connectivity index (χ1) is 17.0. The molecule has 1 heterocycles. The van der Waals surface area contributed by atoms with E-state index < -0.39 is 12.0 Å². The number of hydrogen-bond donors (Lipinski definition) is 1. The van der Waals surface area contributed by atoms with Crippen LogP contribution in [0.3, 0.4) is 0 Å². The highest BCUT2D eigenvalue weighted by Crippen LogP contribution is 2.28. The summed E-state index contributed by atoms with van der Waals surface area (Å²) in [4.78, 5) is 41.6. The van der Waals surface area contributed by atoms with Crippen molar-refractivity contribution in [3.05, 3.63) is 60.2 Å². The summed E-state index contributed by atoms with van der Waals surface area (Å²) in [5, 5.41) is 3.25. The fourth-order valence-corrected chi connectivity index (χ4v) is 4.49. The van der Waals surface area contributed by atoms with Gasteiger partial charge in [0.15, 0.2) is 5.11 Å². The Morgan fingerprint density at radius 1 is 0.971 bits per heavy atom. The summed E-state index contributed by atoms with van der Waals surface area (Å²) < 4.78 is 5.04. The average molecular weight is 496 g/mol.